The molecule has 1 heterocycles. The number of nitrogens with zero attached hydrogens (tertiary/aromatic N) is 1. The number of aliphatic carboxylic acids is 2. The van der Waals surface area contributed by atoms with Crippen LogP contribution < -0.4 is 21.7 Å². The lowest BCUT2D eigenvalue weighted by Crippen LogP contribution is -2.59. The second-order valence-electron chi connectivity index (χ2n) is 7.49. The molecule has 3 amide bonds. The largest absolute Gasteiger partial charge is 0.481 e. The molecule has 0 aliphatic heterocycles. The first-order chi connectivity index (χ1) is 15.5. The van der Waals surface area contributed by atoms with Crippen LogP contribution in [0, 0.1) is 5.92 Å². The van der Waals surface area contributed by atoms with Crippen molar-refractivity contribution in [2.75, 3.05) is 6.61 Å². The number of aliphatic hydroxyl groups is 1. The Labute approximate surface area is 189 Å². The molecule has 14 heteroatoms. The van der Waals surface area contributed by atoms with Crippen molar-refractivity contribution < 1.29 is 39.3 Å². The summed E-state index contributed by atoms with van der Waals surface area (Å²) in [6.45, 7) is 2.72. The Hall–Kier alpha value is -3.52. The van der Waals surface area contributed by atoms with Crippen molar-refractivity contribution >= 4 is 29.7 Å². The van der Waals surface area contributed by atoms with Crippen LogP contribution in [0.3, 0.4) is 0 Å². The Morgan fingerprint density at radius 2 is 1.61 bits per heavy atom. The highest BCUT2D eigenvalue weighted by Gasteiger charge is 2.31. The number of aromatic amines is 1. The van der Waals surface area contributed by atoms with Crippen molar-refractivity contribution in [3.8, 4) is 0 Å². The zero-order chi connectivity index (χ0) is 25.1. The third-order valence-electron chi connectivity index (χ3n) is 4.98. The maximum Gasteiger partial charge on any atom is 0.326 e. The third kappa shape index (κ3) is 8.86. The lowest BCUT2D eigenvalue weighted by molar-refractivity contribution is -0.147. The molecule has 0 aliphatic rings. The number of H-pyrrole nitrogens is 1. The fourth-order valence-corrected chi connectivity index (χ4v) is 2.72. The van der Waals surface area contributed by atoms with Gasteiger partial charge in [0.25, 0.3) is 0 Å². The number of carbonyl (C=O) groups excluding carboxylic acids is 3. The Morgan fingerprint density at radius 1 is 1.03 bits per heavy atom. The van der Waals surface area contributed by atoms with Crippen molar-refractivity contribution in [1.29, 1.82) is 0 Å². The lowest BCUT2D eigenvalue weighted by atomic mass is 9.98. The van der Waals surface area contributed by atoms with Gasteiger partial charge in [-0.1, -0.05) is 20.3 Å². The molecule has 0 radical (unpaired) electrons. The molecule has 5 atom stereocenters. The molecule has 1 rings (SSSR count). The second kappa shape index (κ2) is 13.1. The van der Waals surface area contributed by atoms with Crippen LogP contribution in [0.1, 0.15) is 32.4 Å². The second-order valence-corrected chi connectivity index (χ2v) is 7.49. The summed E-state index contributed by atoms with van der Waals surface area (Å²) >= 11 is 0. The van der Waals surface area contributed by atoms with Crippen LogP contribution in [0.2, 0.25) is 0 Å². The molecule has 1 aromatic rings. The molecule has 0 spiro atoms. The first-order valence-corrected chi connectivity index (χ1v) is 10.2. The van der Waals surface area contributed by atoms with E-state index in [9.17, 15) is 29.1 Å². The number of imidazole rings is 1. The van der Waals surface area contributed by atoms with Crippen LogP contribution in [0.25, 0.3) is 0 Å². The summed E-state index contributed by atoms with van der Waals surface area (Å²) in [5.74, 6) is -5.79. The normalized spacial score (nSPS) is 15.4. The predicted molar refractivity (Wildman–Crippen MR) is 112 cm³/mol. The zero-order valence-corrected chi connectivity index (χ0v) is 18.3. The molecule has 184 valence electrons. The maximum absolute atomic E-state index is 12.8. The molecule has 0 aliphatic carbocycles. The van der Waals surface area contributed by atoms with E-state index in [4.69, 9.17) is 15.9 Å². The molecule has 9 N–H and O–H groups in total. The van der Waals surface area contributed by atoms with Gasteiger partial charge < -0.3 is 42.0 Å². The van der Waals surface area contributed by atoms with Crippen LogP contribution in [0.4, 0.5) is 0 Å². The SMILES string of the molecule is CCC(C)C(N)C(=O)NC(Cc1cnc[nH]1)C(=O)NC(CO)C(=O)NC(CC(=O)O)C(=O)O. The van der Waals surface area contributed by atoms with Gasteiger partial charge in [-0.15, -0.1) is 0 Å². The Bertz CT molecular complexity index is 830. The summed E-state index contributed by atoms with van der Waals surface area (Å²) in [5.41, 5.74) is 6.41. The van der Waals surface area contributed by atoms with Crippen molar-refractivity contribution in [2.45, 2.75) is 57.3 Å². The number of hydrogen-bond acceptors (Lipinski definition) is 8. The van der Waals surface area contributed by atoms with E-state index in [1.807, 2.05) is 12.2 Å². The number of aliphatic hydroxyl groups excluding tert-OH is 1. The van der Waals surface area contributed by atoms with E-state index in [0.717, 1.165) is 0 Å². The summed E-state index contributed by atoms with van der Waals surface area (Å²) in [6.07, 6.45) is 2.48. The van der Waals surface area contributed by atoms with Crippen molar-refractivity contribution in [3.05, 3.63) is 18.2 Å². The van der Waals surface area contributed by atoms with E-state index >= 15 is 0 Å². The van der Waals surface area contributed by atoms with Gasteiger partial charge in [0.05, 0.1) is 25.4 Å². The number of amides is 3. The van der Waals surface area contributed by atoms with Crippen LogP contribution in [0.5, 0.6) is 0 Å². The fraction of sp³-hybridized carbons (Fsp3) is 0.579. The number of carboxylic acids is 2. The van der Waals surface area contributed by atoms with Gasteiger partial charge in [0.15, 0.2) is 0 Å². The van der Waals surface area contributed by atoms with E-state index in [1.165, 1.54) is 12.5 Å². The van der Waals surface area contributed by atoms with E-state index in [-0.39, 0.29) is 12.3 Å². The predicted octanol–water partition coefficient (Wildman–Crippen LogP) is -2.67. The standard InChI is InChI=1S/C19H30N6O8/c1-3-9(2)15(20)18(31)23-11(4-10-6-21-8-22-10)16(29)25-13(7-26)17(30)24-12(19(32)33)5-14(27)28/h6,8-9,11-13,15,26H,3-5,7,20H2,1-2H3,(H,21,22)(H,23,31)(H,24,30)(H,25,29)(H,27,28)(H,32,33). The maximum atomic E-state index is 12.8. The van der Waals surface area contributed by atoms with Gasteiger partial charge in [-0.05, 0) is 5.92 Å². The number of aromatic nitrogens is 2. The van der Waals surface area contributed by atoms with Gasteiger partial charge >= 0.3 is 11.9 Å². The first kappa shape index (κ1) is 27.5. The first-order valence-electron chi connectivity index (χ1n) is 10.2. The van der Waals surface area contributed by atoms with Gasteiger partial charge in [0, 0.05) is 18.3 Å². The van der Waals surface area contributed by atoms with Crippen LogP contribution in [-0.4, -0.2) is 85.7 Å². The Kier molecular flexibility index (Phi) is 10.9. The number of carbonyl (C=O) groups is 5. The highest BCUT2D eigenvalue weighted by atomic mass is 16.4. The van der Waals surface area contributed by atoms with Crippen LogP contribution in [-0.2, 0) is 30.4 Å². The van der Waals surface area contributed by atoms with Crippen molar-refractivity contribution in [2.24, 2.45) is 11.7 Å². The number of nitrogens with two attached hydrogens (primary N) is 1. The highest BCUT2D eigenvalue weighted by molar-refractivity contribution is 5.94. The summed E-state index contributed by atoms with van der Waals surface area (Å²) in [5, 5.41) is 34.1. The molecule has 0 saturated heterocycles. The van der Waals surface area contributed by atoms with Crippen molar-refractivity contribution in [1.82, 2.24) is 25.9 Å². The van der Waals surface area contributed by atoms with Crippen molar-refractivity contribution in [3.63, 3.8) is 0 Å². The summed E-state index contributed by atoms with van der Waals surface area (Å²) < 4.78 is 0. The van der Waals surface area contributed by atoms with E-state index in [1.54, 1.807) is 6.92 Å². The number of carboxylic acid groups (broad SMARTS) is 2. The third-order valence-corrected chi connectivity index (χ3v) is 4.98. The minimum absolute atomic E-state index is 0.0403. The molecular formula is C19H30N6O8. The van der Waals surface area contributed by atoms with Gasteiger partial charge in [-0.25, -0.2) is 9.78 Å². The molecule has 0 fully saturated rings. The fourth-order valence-electron chi connectivity index (χ4n) is 2.72. The number of hydrogen-bond donors (Lipinski definition) is 8. The van der Waals surface area contributed by atoms with Gasteiger partial charge in [0.2, 0.25) is 17.7 Å². The molecule has 0 saturated carbocycles. The topological polar surface area (TPSA) is 237 Å². The monoisotopic (exact) mass is 470 g/mol. The van der Waals surface area contributed by atoms with Gasteiger partial charge in [-0.3, -0.25) is 19.2 Å². The van der Waals surface area contributed by atoms with E-state index in [0.29, 0.717) is 12.1 Å². The average Bonchev–Trinajstić information content (AvgIpc) is 3.27. The quantitative estimate of drug-likeness (QED) is 0.140. The molecule has 0 aromatic carbocycles. The Balaban J connectivity index is 2.95. The van der Waals surface area contributed by atoms with Gasteiger partial charge in [0.1, 0.15) is 18.1 Å². The molecule has 0 bridgehead atoms. The summed E-state index contributed by atoms with van der Waals surface area (Å²) in [7, 11) is 0. The van der Waals surface area contributed by atoms with Gasteiger partial charge in [-0.2, -0.15) is 0 Å². The summed E-state index contributed by atoms with van der Waals surface area (Å²) in [6, 6.07) is -5.46. The summed E-state index contributed by atoms with van der Waals surface area (Å²) in [4.78, 5) is 66.2. The van der Waals surface area contributed by atoms with E-state index < -0.39 is 66.9 Å². The van der Waals surface area contributed by atoms with Crippen LogP contribution in [0.15, 0.2) is 12.5 Å². The zero-order valence-electron chi connectivity index (χ0n) is 18.3. The number of nitrogens with one attached hydrogen (secondary N) is 4. The molecule has 1 aromatic heterocycles. The molecule has 33 heavy (non-hydrogen) atoms. The molecule has 14 nitrogen and oxygen atoms in total. The number of rotatable bonds is 14. The minimum atomic E-state index is -1.77. The smallest absolute Gasteiger partial charge is 0.326 e. The minimum Gasteiger partial charge on any atom is -0.481 e. The molecule has 5 unspecified atom stereocenters. The highest BCUT2D eigenvalue weighted by Crippen LogP contribution is 2.07. The van der Waals surface area contributed by atoms with E-state index in [2.05, 4.69) is 20.6 Å². The van der Waals surface area contributed by atoms with Crippen LogP contribution >= 0.6 is 0 Å². The average molecular weight is 470 g/mol. The Morgan fingerprint density at radius 3 is 2.09 bits per heavy atom. The molecular weight excluding hydrogens is 440 g/mol. The lowest BCUT2D eigenvalue weighted by Gasteiger charge is -2.25.